The van der Waals surface area contributed by atoms with Gasteiger partial charge in [-0.05, 0) is 53.4 Å². The molecule has 1 aromatic heterocycles. The third kappa shape index (κ3) is 4.44. The molecule has 0 radical (unpaired) electrons. The number of hydrogen-bond donors (Lipinski definition) is 1. The lowest BCUT2D eigenvalue weighted by atomic mass is 10.2. The Kier molecular flexibility index (Phi) is 4.67. The van der Waals surface area contributed by atoms with Gasteiger partial charge in [0, 0.05) is 22.5 Å². The van der Waals surface area contributed by atoms with Crippen molar-refractivity contribution in [3.8, 4) is 0 Å². The SMILES string of the molecule is CC(CNC1CC1)CSc1ccc(Br)cn1. The van der Waals surface area contributed by atoms with Crippen molar-refractivity contribution >= 4 is 27.7 Å². The molecule has 1 fully saturated rings. The highest BCUT2D eigenvalue weighted by atomic mass is 79.9. The van der Waals surface area contributed by atoms with E-state index in [1.807, 2.05) is 24.0 Å². The van der Waals surface area contributed by atoms with Gasteiger partial charge in [0.1, 0.15) is 0 Å². The number of nitrogens with zero attached hydrogens (tertiary/aromatic N) is 1. The van der Waals surface area contributed by atoms with E-state index in [4.69, 9.17) is 0 Å². The minimum atomic E-state index is 0.705. The second-order valence-corrected chi connectivity index (χ2v) is 6.37. The Labute approximate surface area is 110 Å². The van der Waals surface area contributed by atoms with Crippen molar-refractivity contribution < 1.29 is 0 Å². The van der Waals surface area contributed by atoms with Crippen molar-refractivity contribution in [2.24, 2.45) is 5.92 Å². The fourth-order valence-electron chi connectivity index (χ4n) is 1.39. The van der Waals surface area contributed by atoms with Crippen LogP contribution in [0.5, 0.6) is 0 Å². The summed E-state index contributed by atoms with van der Waals surface area (Å²) in [5.74, 6) is 1.84. The highest BCUT2D eigenvalue weighted by Crippen LogP contribution is 2.22. The number of hydrogen-bond acceptors (Lipinski definition) is 3. The van der Waals surface area contributed by atoms with Crippen molar-refractivity contribution in [1.29, 1.82) is 0 Å². The van der Waals surface area contributed by atoms with E-state index in [1.54, 1.807) is 0 Å². The van der Waals surface area contributed by atoms with Crippen LogP contribution in [-0.2, 0) is 0 Å². The summed E-state index contributed by atoms with van der Waals surface area (Å²) in [6.45, 7) is 3.43. The summed E-state index contributed by atoms with van der Waals surface area (Å²) in [6.07, 6.45) is 4.59. The van der Waals surface area contributed by atoms with Crippen LogP contribution in [0.25, 0.3) is 0 Å². The summed E-state index contributed by atoms with van der Waals surface area (Å²) in [5, 5.41) is 4.67. The average molecular weight is 301 g/mol. The molecule has 1 aliphatic rings. The van der Waals surface area contributed by atoms with Gasteiger partial charge in [-0.25, -0.2) is 4.98 Å². The zero-order valence-corrected chi connectivity index (χ0v) is 11.9. The number of nitrogens with one attached hydrogen (secondary N) is 1. The molecule has 1 aromatic rings. The summed E-state index contributed by atoms with van der Waals surface area (Å²) >= 11 is 5.23. The van der Waals surface area contributed by atoms with Gasteiger partial charge in [0.05, 0.1) is 5.03 Å². The molecule has 1 saturated carbocycles. The molecule has 1 aliphatic carbocycles. The lowest BCUT2D eigenvalue weighted by Crippen LogP contribution is -2.24. The van der Waals surface area contributed by atoms with Gasteiger partial charge in [-0.15, -0.1) is 11.8 Å². The van der Waals surface area contributed by atoms with Crippen molar-refractivity contribution in [2.75, 3.05) is 12.3 Å². The Morgan fingerprint density at radius 1 is 1.56 bits per heavy atom. The molecule has 0 spiro atoms. The molecule has 2 rings (SSSR count). The molecule has 1 heterocycles. The molecular formula is C12H17BrN2S. The van der Waals surface area contributed by atoms with Crippen LogP contribution in [0.3, 0.4) is 0 Å². The molecule has 4 heteroatoms. The fourth-order valence-corrected chi connectivity index (χ4v) is 2.49. The quantitative estimate of drug-likeness (QED) is 0.816. The van der Waals surface area contributed by atoms with E-state index in [1.165, 1.54) is 12.8 Å². The number of rotatable bonds is 6. The van der Waals surface area contributed by atoms with Crippen LogP contribution in [0.4, 0.5) is 0 Å². The molecule has 0 saturated heterocycles. The first-order valence-electron chi connectivity index (χ1n) is 5.72. The first kappa shape index (κ1) is 12.4. The van der Waals surface area contributed by atoms with E-state index in [0.29, 0.717) is 5.92 Å². The van der Waals surface area contributed by atoms with Crippen molar-refractivity contribution in [1.82, 2.24) is 10.3 Å². The Morgan fingerprint density at radius 3 is 3.00 bits per heavy atom. The molecule has 1 unspecified atom stereocenters. The maximum Gasteiger partial charge on any atom is 0.0960 e. The van der Waals surface area contributed by atoms with Crippen LogP contribution in [0.1, 0.15) is 19.8 Å². The summed E-state index contributed by atoms with van der Waals surface area (Å²) < 4.78 is 1.04. The van der Waals surface area contributed by atoms with Crippen LogP contribution in [0.15, 0.2) is 27.8 Å². The van der Waals surface area contributed by atoms with Gasteiger partial charge in [0.2, 0.25) is 0 Å². The predicted molar refractivity (Wildman–Crippen MR) is 72.8 cm³/mol. The highest BCUT2D eigenvalue weighted by molar-refractivity contribution is 9.10. The molecule has 0 bridgehead atoms. The molecule has 1 N–H and O–H groups in total. The van der Waals surface area contributed by atoms with Gasteiger partial charge in [0.25, 0.3) is 0 Å². The molecule has 16 heavy (non-hydrogen) atoms. The van der Waals surface area contributed by atoms with Gasteiger partial charge in [-0.2, -0.15) is 0 Å². The summed E-state index contributed by atoms with van der Waals surface area (Å²) in [7, 11) is 0. The van der Waals surface area contributed by atoms with Crippen LogP contribution in [-0.4, -0.2) is 23.3 Å². The van der Waals surface area contributed by atoms with Crippen LogP contribution >= 0.6 is 27.7 Å². The molecular weight excluding hydrogens is 284 g/mol. The smallest absolute Gasteiger partial charge is 0.0960 e. The summed E-state index contributed by atoms with van der Waals surface area (Å²) in [6, 6.07) is 4.93. The second kappa shape index (κ2) is 6.03. The van der Waals surface area contributed by atoms with E-state index in [9.17, 15) is 0 Å². The predicted octanol–water partition coefficient (Wildman–Crippen LogP) is 3.32. The van der Waals surface area contributed by atoms with E-state index in [-0.39, 0.29) is 0 Å². The Hall–Kier alpha value is -0.0600. The molecule has 0 aliphatic heterocycles. The third-order valence-corrected chi connectivity index (χ3v) is 4.29. The fraction of sp³-hybridized carbons (Fsp3) is 0.583. The lowest BCUT2D eigenvalue weighted by molar-refractivity contribution is 0.556. The largest absolute Gasteiger partial charge is 0.314 e. The number of aromatic nitrogens is 1. The number of thioether (sulfide) groups is 1. The zero-order chi connectivity index (χ0) is 11.4. The van der Waals surface area contributed by atoms with E-state index < -0.39 is 0 Å². The maximum absolute atomic E-state index is 4.35. The van der Waals surface area contributed by atoms with Gasteiger partial charge >= 0.3 is 0 Å². The summed E-state index contributed by atoms with van der Waals surface area (Å²) in [4.78, 5) is 4.35. The molecule has 1 atom stereocenters. The van der Waals surface area contributed by atoms with Crippen molar-refractivity contribution in [3.05, 3.63) is 22.8 Å². The Balaban J connectivity index is 1.67. The van der Waals surface area contributed by atoms with Gasteiger partial charge in [0.15, 0.2) is 0 Å². The maximum atomic E-state index is 4.35. The van der Waals surface area contributed by atoms with E-state index in [0.717, 1.165) is 27.8 Å². The van der Waals surface area contributed by atoms with Crippen molar-refractivity contribution in [3.63, 3.8) is 0 Å². The first-order valence-corrected chi connectivity index (χ1v) is 7.49. The van der Waals surface area contributed by atoms with Crippen LogP contribution in [0, 0.1) is 5.92 Å². The molecule has 88 valence electrons. The van der Waals surface area contributed by atoms with Crippen molar-refractivity contribution in [2.45, 2.75) is 30.8 Å². The van der Waals surface area contributed by atoms with Crippen LogP contribution < -0.4 is 5.32 Å². The number of halogens is 1. The van der Waals surface area contributed by atoms with Gasteiger partial charge in [-0.3, -0.25) is 0 Å². The molecule has 0 aromatic carbocycles. The first-order chi connectivity index (χ1) is 7.74. The topological polar surface area (TPSA) is 24.9 Å². The Morgan fingerprint density at radius 2 is 2.38 bits per heavy atom. The highest BCUT2D eigenvalue weighted by Gasteiger charge is 2.20. The normalized spacial score (nSPS) is 17.4. The van der Waals surface area contributed by atoms with Gasteiger partial charge < -0.3 is 5.32 Å². The molecule has 2 nitrogen and oxygen atoms in total. The standard InChI is InChI=1S/C12H17BrN2S/c1-9(6-14-11-3-4-11)8-16-12-5-2-10(13)7-15-12/h2,5,7,9,11,14H,3-4,6,8H2,1H3. The monoisotopic (exact) mass is 300 g/mol. The molecule has 0 amide bonds. The Bertz CT molecular complexity index is 324. The van der Waals surface area contributed by atoms with E-state index >= 15 is 0 Å². The lowest BCUT2D eigenvalue weighted by Gasteiger charge is -2.11. The minimum Gasteiger partial charge on any atom is -0.314 e. The second-order valence-electron chi connectivity index (χ2n) is 4.41. The zero-order valence-electron chi connectivity index (χ0n) is 9.45. The average Bonchev–Trinajstić information content (AvgIpc) is 3.09. The van der Waals surface area contributed by atoms with Crippen LogP contribution in [0.2, 0.25) is 0 Å². The van der Waals surface area contributed by atoms with E-state index in [2.05, 4.69) is 39.2 Å². The summed E-state index contributed by atoms with van der Waals surface area (Å²) in [5.41, 5.74) is 0. The van der Waals surface area contributed by atoms with Gasteiger partial charge in [-0.1, -0.05) is 6.92 Å². The number of pyridine rings is 1. The minimum absolute atomic E-state index is 0.705. The third-order valence-electron chi connectivity index (χ3n) is 2.55.